The number of nitrogens with two attached hydrogens (primary N) is 1. The van der Waals surface area contributed by atoms with Crippen LogP contribution in [0.4, 0.5) is 11.4 Å². The van der Waals surface area contributed by atoms with Gasteiger partial charge < -0.3 is 5.73 Å². The maximum atomic E-state index is 13.2. The minimum atomic E-state index is -0.531. The third-order valence-corrected chi connectivity index (χ3v) is 7.99. The number of non-ortho nitro benzene ring substituents is 1. The summed E-state index contributed by atoms with van der Waals surface area (Å²) < 4.78 is 1.06. The van der Waals surface area contributed by atoms with Gasteiger partial charge in [0.2, 0.25) is 0 Å². The number of allylic oxidation sites excluding steroid dienone is 3. The fourth-order valence-corrected chi connectivity index (χ4v) is 6.56. The Kier molecular flexibility index (Phi) is 6.29. The van der Waals surface area contributed by atoms with E-state index in [-0.39, 0.29) is 27.9 Å². The van der Waals surface area contributed by atoms with Gasteiger partial charge in [0.05, 0.1) is 37.4 Å². The minimum Gasteiger partial charge on any atom is -0.384 e. The Morgan fingerprint density at radius 1 is 1.41 bits per heavy atom. The number of thioether (sulfide) groups is 1. The Morgan fingerprint density at radius 3 is 2.84 bits per heavy atom. The van der Waals surface area contributed by atoms with Gasteiger partial charge in [0.25, 0.3) is 5.69 Å². The third kappa shape index (κ3) is 3.68. The molecule has 164 valence electrons. The lowest BCUT2D eigenvalue weighted by Crippen LogP contribution is -2.38. The number of nitriles is 1. The van der Waals surface area contributed by atoms with E-state index in [4.69, 9.17) is 17.3 Å². The van der Waals surface area contributed by atoms with Gasteiger partial charge in [-0.3, -0.25) is 19.8 Å². The van der Waals surface area contributed by atoms with Crippen LogP contribution in [0.25, 0.3) is 0 Å². The van der Waals surface area contributed by atoms with Crippen molar-refractivity contribution < 1.29 is 9.72 Å². The Labute approximate surface area is 198 Å². The highest BCUT2D eigenvalue weighted by Gasteiger charge is 2.41. The van der Waals surface area contributed by atoms with Crippen LogP contribution in [0.2, 0.25) is 5.02 Å². The molecule has 1 aliphatic heterocycles. The van der Waals surface area contributed by atoms with E-state index in [9.17, 15) is 20.2 Å². The second-order valence-electron chi connectivity index (χ2n) is 7.31. The van der Waals surface area contributed by atoms with Crippen molar-refractivity contribution in [3.05, 3.63) is 73.0 Å². The molecule has 0 fully saturated rings. The molecule has 0 saturated carbocycles. The normalized spacial score (nSPS) is 18.6. The van der Waals surface area contributed by atoms with Gasteiger partial charge in [-0.25, -0.2) is 0 Å². The van der Waals surface area contributed by atoms with Gasteiger partial charge >= 0.3 is 0 Å². The molecule has 32 heavy (non-hydrogen) atoms. The zero-order valence-corrected chi connectivity index (χ0v) is 19.5. The zero-order valence-electron chi connectivity index (χ0n) is 17.1. The second kappa shape index (κ2) is 8.98. The molecule has 7 nitrogen and oxygen atoms in total. The van der Waals surface area contributed by atoms with E-state index in [1.54, 1.807) is 28.0 Å². The summed E-state index contributed by atoms with van der Waals surface area (Å²) in [5.74, 6) is 0.515. The third-order valence-electron chi connectivity index (χ3n) is 5.54. The van der Waals surface area contributed by atoms with Crippen molar-refractivity contribution in [2.24, 2.45) is 5.73 Å². The molecular formula is C22H19ClN4O3S2. The van der Waals surface area contributed by atoms with Crippen LogP contribution in [0.15, 0.2) is 56.5 Å². The number of benzene rings is 1. The molecule has 0 radical (unpaired) electrons. The number of nitrogens with zero attached hydrogens (tertiary/aromatic N) is 3. The first-order valence-corrected chi connectivity index (χ1v) is 12.2. The van der Waals surface area contributed by atoms with E-state index in [0.717, 1.165) is 15.5 Å². The van der Waals surface area contributed by atoms with Crippen molar-refractivity contribution >= 4 is 51.9 Å². The number of carbonyl (C=O) groups is 1. The Morgan fingerprint density at radius 2 is 2.19 bits per heavy atom. The first-order valence-electron chi connectivity index (χ1n) is 9.99. The Hall–Kier alpha value is -2.80. The first kappa shape index (κ1) is 22.4. The quantitative estimate of drug-likeness (QED) is 0.326. The van der Waals surface area contributed by atoms with Crippen LogP contribution in [0.3, 0.4) is 0 Å². The van der Waals surface area contributed by atoms with Gasteiger partial charge in [-0.15, -0.1) is 23.1 Å². The van der Waals surface area contributed by atoms with Crippen LogP contribution in [0.5, 0.6) is 0 Å². The van der Waals surface area contributed by atoms with Crippen molar-refractivity contribution in [3.63, 3.8) is 0 Å². The molecule has 4 rings (SSSR count). The fourth-order valence-electron chi connectivity index (χ4n) is 4.23. The smallest absolute Gasteiger partial charge is 0.271 e. The molecule has 2 N–H and O–H groups in total. The molecule has 2 heterocycles. The van der Waals surface area contributed by atoms with Crippen LogP contribution in [-0.4, -0.2) is 16.5 Å². The number of carbonyl (C=O) groups excluding carboxylic acids is 1. The molecule has 2 aromatic rings. The molecule has 0 bridgehead atoms. The predicted octanol–water partition coefficient (Wildman–Crippen LogP) is 5.73. The highest BCUT2D eigenvalue weighted by molar-refractivity contribution is 8.01. The van der Waals surface area contributed by atoms with E-state index in [0.29, 0.717) is 36.2 Å². The number of anilines is 1. The monoisotopic (exact) mass is 486 g/mol. The molecular weight excluding hydrogens is 468 g/mol. The fraction of sp³-hybridized carbons (Fsp3) is 0.273. The van der Waals surface area contributed by atoms with Gasteiger partial charge in [0, 0.05) is 29.8 Å². The molecule has 1 aromatic heterocycles. The van der Waals surface area contributed by atoms with Crippen LogP contribution in [-0.2, 0) is 4.79 Å². The first-order chi connectivity index (χ1) is 15.4. The maximum absolute atomic E-state index is 13.2. The molecule has 0 saturated heterocycles. The van der Waals surface area contributed by atoms with Crippen LogP contribution >= 0.6 is 34.7 Å². The molecule has 1 atom stereocenters. The number of hydrogen-bond acceptors (Lipinski definition) is 8. The van der Waals surface area contributed by atoms with E-state index >= 15 is 0 Å². The van der Waals surface area contributed by atoms with Gasteiger partial charge in [0.15, 0.2) is 5.78 Å². The molecule has 0 amide bonds. The summed E-state index contributed by atoms with van der Waals surface area (Å²) in [4.78, 5) is 25.4. The Balaban J connectivity index is 1.95. The van der Waals surface area contributed by atoms with E-state index in [2.05, 4.69) is 13.0 Å². The van der Waals surface area contributed by atoms with Gasteiger partial charge in [-0.2, -0.15) is 5.26 Å². The summed E-state index contributed by atoms with van der Waals surface area (Å²) in [6.07, 6.45) is 1.64. The lowest BCUT2D eigenvalue weighted by atomic mass is 9.76. The predicted molar refractivity (Wildman–Crippen MR) is 127 cm³/mol. The Bertz CT molecular complexity index is 1230. The van der Waals surface area contributed by atoms with Crippen LogP contribution in [0, 0.1) is 21.4 Å². The summed E-state index contributed by atoms with van der Waals surface area (Å²) in [7, 11) is 0. The number of nitro benzene ring substituents is 1. The summed E-state index contributed by atoms with van der Waals surface area (Å²) in [6.45, 7) is 2.05. The number of ketones is 1. The van der Waals surface area contributed by atoms with E-state index < -0.39 is 10.8 Å². The summed E-state index contributed by atoms with van der Waals surface area (Å²) >= 11 is 9.67. The van der Waals surface area contributed by atoms with Crippen molar-refractivity contribution in [2.45, 2.75) is 36.3 Å². The van der Waals surface area contributed by atoms with Gasteiger partial charge in [0.1, 0.15) is 5.82 Å². The highest BCUT2D eigenvalue weighted by atomic mass is 35.5. The molecule has 1 aliphatic carbocycles. The highest BCUT2D eigenvalue weighted by Crippen LogP contribution is 2.50. The average molecular weight is 487 g/mol. The van der Waals surface area contributed by atoms with E-state index in [1.807, 2.05) is 11.4 Å². The average Bonchev–Trinajstić information content (AvgIpc) is 3.21. The van der Waals surface area contributed by atoms with Crippen molar-refractivity contribution in [1.29, 1.82) is 5.26 Å². The standard InChI is InChI=1S/C22H19ClN4O3S2/c1-2-31-22-13(8-9-32-22)19-14(11-24)21(25)26(17-4-3-5-18(28)20(17)19)16-7-6-12(27(29)30)10-15(16)23/h6-10,19H,2-5,25H2,1H3/t19-/m0/s1. The molecule has 0 unspecified atom stereocenters. The summed E-state index contributed by atoms with van der Waals surface area (Å²) in [5, 5.41) is 23.3. The lowest BCUT2D eigenvalue weighted by Gasteiger charge is -2.39. The zero-order chi connectivity index (χ0) is 23.0. The number of hydrogen-bond donors (Lipinski definition) is 1. The number of rotatable bonds is 5. The SMILES string of the molecule is CCSc1sccc1[C@H]1C(C#N)=C(N)N(c2ccc([N+](=O)[O-])cc2Cl)C2=C1C(=O)CCC2. The number of Topliss-reactive ketones (excluding diaryl/α,β-unsaturated/α-hetero) is 1. The lowest BCUT2D eigenvalue weighted by molar-refractivity contribution is -0.384. The van der Waals surface area contributed by atoms with Gasteiger partial charge in [-0.1, -0.05) is 18.5 Å². The topological polar surface area (TPSA) is 113 Å². The summed E-state index contributed by atoms with van der Waals surface area (Å²) in [5.41, 5.74) is 9.28. The molecule has 2 aliphatic rings. The van der Waals surface area contributed by atoms with Crippen LogP contribution < -0.4 is 10.6 Å². The van der Waals surface area contributed by atoms with Crippen molar-refractivity contribution in [1.82, 2.24) is 0 Å². The van der Waals surface area contributed by atoms with Crippen molar-refractivity contribution in [3.8, 4) is 6.07 Å². The number of halogens is 1. The second-order valence-corrected chi connectivity index (χ2v) is 10.2. The van der Waals surface area contributed by atoms with Crippen molar-refractivity contribution in [2.75, 3.05) is 10.7 Å². The molecule has 0 spiro atoms. The van der Waals surface area contributed by atoms with E-state index in [1.165, 1.54) is 18.2 Å². The maximum Gasteiger partial charge on any atom is 0.271 e. The number of thiophene rings is 1. The molecule has 1 aromatic carbocycles. The van der Waals surface area contributed by atoms with Crippen LogP contribution in [0.1, 0.15) is 37.7 Å². The van der Waals surface area contributed by atoms with Gasteiger partial charge in [-0.05, 0) is 41.7 Å². The largest absolute Gasteiger partial charge is 0.384 e. The summed E-state index contributed by atoms with van der Waals surface area (Å²) in [6, 6.07) is 8.29. The molecule has 10 heteroatoms. The minimum absolute atomic E-state index is 0.0156. The number of nitro groups is 1.